The number of halogens is 6. The normalized spacial score (nSPS) is 17.3. The molecule has 3 heterocycles. The number of nitrogens with two attached hydrogens (primary N) is 1. The lowest BCUT2D eigenvalue weighted by molar-refractivity contribution is -0.152. The summed E-state index contributed by atoms with van der Waals surface area (Å²) < 4.78 is 90.2. The number of pyridine rings is 1. The number of hydrogen-bond donors (Lipinski definition) is 2. The molecule has 1 aromatic heterocycles. The second-order valence-electron chi connectivity index (χ2n) is 10.8. The van der Waals surface area contributed by atoms with Gasteiger partial charge in [-0.25, -0.2) is 9.98 Å². The van der Waals surface area contributed by atoms with Crippen LogP contribution in [0.1, 0.15) is 36.8 Å². The Bertz CT molecular complexity index is 1670. The third-order valence-electron chi connectivity index (χ3n) is 7.57. The van der Waals surface area contributed by atoms with Crippen LogP contribution in [0, 0.1) is 11.8 Å². The summed E-state index contributed by atoms with van der Waals surface area (Å²) in [4.78, 5) is 50.2. The summed E-state index contributed by atoms with van der Waals surface area (Å²) >= 11 is 0. The summed E-state index contributed by atoms with van der Waals surface area (Å²) in [6.07, 6.45) is -15.3. The van der Waals surface area contributed by atoms with E-state index in [1.807, 2.05) is 0 Å². The number of primary amides is 1. The van der Waals surface area contributed by atoms with Gasteiger partial charge in [-0.15, -0.1) is 0 Å². The topological polar surface area (TPSA) is 136 Å². The standard InChI is InChI=1S/C31H27F6N5O5/c32-30(33,34)11-9-18(26(38)43)19(10-12-31(35,36)37)28(44)41-27-29(45)42(24-8-4-5-13-39-24)21-15-23-22(46-16-47-23)14-20(21)25(40-27)17-6-2-1-3-7-17/h1-8,13-15,18-19,27H,9-12,16H2,(H2,38,43)(H,41,44)/t18-,19+,27-/m1/s1. The van der Waals surface area contributed by atoms with Gasteiger partial charge in [-0.3, -0.25) is 19.3 Å². The van der Waals surface area contributed by atoms with E-state index in [0.29, 0.717) is 16.9 Å². The number of amides is 3. The second-order valence-corrected chi connectivity index (χ2v) is 10.8. The van der Waals surface area contributed by atoms with Gasteiger partial charge in [0.2, 0.25) is 24.8 Å². The number of carbonyl (C=O) groups is 3. The fourth-order valence-corrected chi connectivity index (χ4v) is 5.38. The molecule has 5 rings (SSSR count). The molecular formula is C31H27F6N5O5. The van der Waals surface area contributed by atoms with Crippen molar-refractivity contribution in [3.63, 3.8) is 0 Å². The van der Waals surface area contributed by atoms with Crippen LogP contribution < -0.4 is 25.4 Å². The maximum atomic E-state index is 14.3. The minimum absolute atomic E-state index is 0.0789. The molecule has 0 fully saturated rings. The second kappa shape index (κ2) is 13.3. The quantitative estimate of drug-likeness (QED) is 0.288. The molecule has 0 aliphatic carbocycles. The maximum Gasteiger partial charge on any atom is 0.389 e. The molecule has 0 saturated carbocycles. The SMILES string of the molecule is NC(=O)[C@H](CCC(F)(F)F)[C@H](CCC(F)(F)F)C(=O)N[C@H]1N=C(c2ccccc2)c2cc3c(cc2N(c2ccccn2)C1=O)OCO3. The van der Waals surface area contributed by atoms with E-state index < -0.39 is 73.8 Å². The van der Waals surface area contributed by atoms with Gasteiger partial charge in [-0.1, -0.05) is 36.4 Å². The van der Waals surface area contributed by atoms with Crippen molar-refractivity contribution in [3.8, 4) is 11.5 Å². The van der Waals surface area contributed by atoms with E-state index in [0.717, 1.165) is 4.90 Å². The molecule has 248 valence electrons. The molecule has 0 radical (unpaired) electrons. The molecule has 47 heavy (non-hydrogen) atoms. The van der Waals surface area contributed by atoms with Crippen LogP contribution in [0.2, 0.25) is 0 Å². The Labute approximate surface area is 263 Å². The van der Waals surface area contributed by atoms with Gasteiger partial charge in [-0.2, -0.15) is 26.3 Å². The molecule has 3 atom stereocenters. The minimum atomic E-state index is -4.82. The van der Waals surface area contributed by atoms with Crippen LogP contribution in [0.3, 0.4) is 0 Å². The number of anilines is 2. The first-order valence-corrected chi connectivity index (χ1v) is 14.3. The van der Waals surface area contributed by atoms with Crippen molar-refractivity contribution >= 4 is 34.9 Å². The number of nitrogens with one attached hydrogen (secondary N) is 1. The highest BCUT2D eigenvalue weighted by Crippen LogP contribution is 2.43. The van der Waals surface area contributed by atoms with E-state index in [1.165, 1.54) is 18.3 Å². The molecule has 3 aromatic rings. The lowest BCUT2D eigenvalue weighted by atomic mass is 9.83. The first-order valence-electron chi connectivity index (χ1n) is 14.3. The fraction of sp³-hybridized carbons (Fsp3) is 0.323. The average molecular weight is 664 g/mol. The lowest BCUT2D eigenvalue weighted by Gasteiger charge is -2.28. The molecule has 0 spiro atoms. The van der Waals surface area contributed by atoms with E-state index in [9.17, 15) is 40.7 Å². The average Bonchev–Trinajstić information content (AvgIpc) is 3.43. The van der Waals surface area contributed by atoms with Crippen molar-refractivity contribution in [3.05, 3.63) is 78.0 Å². The highest BCUT2D eigenvalue weighted by atomic mass is 19.4. The Morgan fingerprint density at radius 2 is 1.53 bits per heavy atom. The van der Waals surface area contributed by atoms with Crippen LogP contribution in [0.25, 0.3) is 0 Å². The van der Waals surface area contributed by atoms with Gasteiger partial charge in [0.25, 0.3) is 5.91 Å². The van der Waals surface area contributed by atoms with Crippen molar-refractivity contribution in [1.29, 1.82) is 0 Å². The molecule has 0 unspecified atom stereocenters. The Hall–Kier alpha value is -5.15. The molecule has 3 amide bonds. The van der Waals surface area contributed by atoms with Gasteiger partial charge in [0.05, 0.1) is 11.4 Å². The van der Waals surface area contributed by atoms with Crippen molar-refractivity contribution in [2.45, 2.75) is 44.2 Å². The molecule has 2 aromatic carbocycles. The van der Waals surface area contributed by atoms with Crippen LogP contribution in [-0.2, 0) is 14.4 Å². The molecule has 3 N–H and O–H groups in total. The number of aliphatic imine (C=N–C) groups is 1. The zero-order valence-corrected chi connectivity index (χ0v) is 24.3. The van der Waals surface area contributed by atoms with Crippen LogP contribution in [0.4, 0.5) is 37.8 Å². The Balaban J connectivity index is 1.61. The molecule has 2 aliphatic rings. The number of carbonyl (C=O) groups excluding carboxylic acids is 3. The van der Waals surface area contributed by atoms with Crippen LogP contribution in [0.15, 0.2) is 71.9 Å². The van der Waals surface area contributed by atoms with Crippen LogP contribution in [-0.4, -0.2) is 53.7 Å². The summed E-state index contributed by atoms with van der Waals surface area (Å²) in [6.45, 7) is -0.0963. The summed E-state index contributed by atoms with van der Waals surface area (Å²) in [5, 5.41) is 2.30. The van der Waals surface area contributed by atoms with Gasteiger partial charge < -0.3 is 20.5 Å². The molecule has 16 heteroatoms. The Morgan fingerprint density at radius 1 is 0.915 bits per heavy atom. The van der Waals surface area contributed by atoms with Crippen molar-refractivity contribution in [2.75, 3.05) is 11.7 Å². The highest BCUT2D eigenvalue weighted by molar-refractivity contribution is 6.22. The number of benzene rings is 2. The number of aromatic nitrogens is 1. The highest BCUT2D eigenvalue weighted by Gasteiger charge is 2.42. The van der Waals surface area contributed by atoms with Crippen LogP contribution >= 0.6 is 0 Å². The van der Waals surface area contributed by atoms with Crippen molar-refractivity contribution in [1.82, 2.24) is 10.3 Å². The smallest absolute Gasteiger partial charge is 0.389 e. The number of nitrogens with zero attached hydrogens (tertiary/aromatic N) is 3. The third kappa shape index (κ3) is 7.81. The first-order chi connectivity index (χ1) is 22.2. The van der Waals surface area contributed by atoms with Gasteiger partial charge in [0, 0.05) is 48.1 Å². The van der Waals surface area contributed by atoms with Gasteiger partial charge >= 0.3 is 12.4 Å². The largest absolute Gasteiger partial charge is 0.454 e. The predicted octanol–water partition coefficient (Wildman–Crippen LogP) is 5.17. The van der Waals surface area contributed by atoms with E-state index >= 15 is 0 Å². The zero-order valence-electron chi connectivity index (χ0n) is 24.3. The lowest BCUT2D eigenvalue weighted by Crippen LogP contribution is -2.50. The number of alkyl halides is 6. The molecule has 0 saturated heterocycles. The van der Waals surface area contributed by atoms with Gasteiger partial charge in [-0.05, 0) is 31.0 Å². The summed E-state index contributed by atoms with van der Waals surface area (Å²) in [5.74, 6) is -6.83. The summed E-state index contributed by atoms with van der Waals surface area (Å²) in [6, 6.07) is 16.2. The molecule has 0 bridgehead atoms. The van der Waals surface area contributed by atoms with Crippen molar-refractivity contribution < 1.29 is 50.2 Å². The van der Waals surface area contributed by atoms with E-state index in [-0.39, 0.29) is 29.8 Å². The van der Waals surface area contributed by atoms with E-state index in [2.05, 4.69) is 15.3 Å². The Kier molecular flexibility index (Phi) is 9.40. The van der Waals surface area contributed by atoms with E-state index in [4.69, 9.17) is 15.2 Å². The molecular weight excluding hydrogens is 636 g/mol. The zero-order chi connectivity index (χ0) is 33.9. The van der Waals surface area contributed by atoms with Crippen molar-refractivity contribution in [2.24, 2.45) is 22.6 Å². The maximum absolute atomic E-state index is 14.3. The predicted molar refractivity (Wildman–Crippen MR) is 155 cm³/mol. The Morgan fingerprint density at radius 3 is 2.13 bits per heavy atom. The third-order valence-corrected chi connectivity index (χ3v) is 7.57. The fourth-order valence-electron chi connectivity index (χ4n) is 5.38. The number of ether oxygens (including phenoxy) is 2. The van der Waals surface area contributed by atoms with E-state index in [1.54, 1.807) is 48.5 Å². The monoisotopic (exact) mass is 663 g/mol. The van der Waals surface area contributed by atoms with Crippen LogP contribution in [0.5, 0.6) is 11.5 Å². The molecule has 2 aliphatic heterocycles. The minimum Gasteiger partial charge on any atom is -0.454 e. The number of rotatable bonds is 10. The van der Waals surface area contributed by atoms with Gasteiger partial charge in [0.15, 0.2) is 11.5 Å². The number of hydrogen-bond acceptors (Lipinski definition) is 7. The summed E-state index contributed by atoms with van der Waals surface area (Å²) in [5.41, 5.74) is 6.51. The first kappa shape index (κ1) is 33.2. The summed E-state index contributed by atoms with van der Waals surface area (Å²) in [7, 11) is 0. The molecule has 10 nitrogen and oxygen atoms in total. The van der Waals surface area contributed by atoms with Gasteiger partial charge in [0.1, 0.15) is 5.82 Å². The number of fused-ring (bicyclic) bond motifs is 2.